The Kier molecular flexibility index (Phi) is 4.23. The minimum absolute atomic E-state index is 0.121. The number of rotatable bonds is 3. The van der Waals surface area contributed by atoms with Crippen LogP contribution in [-0.2, 0) is 0 Å². The molecule has 0 spiro atoms. The Labute approximate surface area is 99.4 Å². The first kappa shape index (κ1) is 11.9. The summed E-state index contributed by atoms with van der Waals surface area (Å²) < 4.78 is 0. The second kappa shape index (κ2) is 5.68. The van der Waals surface area contributed by atoms with Gasteiger partial charge in [0.05, 0.1) is 12.1 Å². The monoisotopic (exact) mass is 220 g/mol. The second-order valence-electron chi connectivity index (χ2n) is 5.77. The van der Waals surface area contributed by atoms with Gasteiger partial charge in [-0.05, 0) is 37.5 Å². The molecule has 2 aliphatic rings. The standard InChI is InChI=1S/C14H24N2/c1-11-6-8-12(9-7-11)14(10-15)16-13-4-2-3-5-13/h11-14,16H,2-9H2,1H3. The molecule has 0 aliphatic heterocycles. The van der Waals surface area contributed by atoms with Crippen LogP contribution in [0.25, 0.3) is 0 Å². The first-order valence-corrected chi connectivity index (χ1v) is 6.95. The molecule has 1 atom stereocenters. The molecule has 2 heteroatoms. The van der Waals surface area contributed by atoms with Crippen molar-refractivity contribution >= 4 is 0 Å². The lowest BCUT2D eigenvalue weighted by Gasteiger charge is -2.31. The van der Waals surface area contributed by atoms with Crippen LogP contribution in [0, 0.1) is 23.2 Å². The predicted molar refractivity (Wildman–Crippen MR) is 65.9 cm³/mol. The lowest BCUT2D eigenvalue weighted by Crippen LogP contribution is -2.41. The fraction of sp³-hybridized carbons (Fsp3) is 0.929. The smallest absolute Gasteiger partial charge is 0.0983 e. The molecular formula is C14H24N2. The molecule has 90 valence electrons. The van der Waals surface area contributed by atoms with Crippen molar-refractivity contribution in [3.63, 3.8) is 0 Å². The van der Waals surface area contributed by atoms with Crippen molar-refractivity contribution in [1.29, 1.82) is 5.26 Å². The van der Waals surface area contributed by atoms with Crippen molar-refractivity contribution in [2.45, 2.75) is 70.4 Å². The molecule has 16 heavy (non-hydrogen) atoms. The summed E-state index contributed by atoms with van der Waals surface area (Å²) in [7, 11) is 0. The van der Waals surface area contributed by atoms with Crippen LogP contribution in [0.15, 0.2) is 0 Å². The van der Waals surface area contributed by atoms with E-state index in [1.54, 1.807) is 0 Å². The van der Waals surface area contributed by atoms with Gasteiger partial charge in [-0.2, -0.15) is 5.26 Å². The van der Waals surface area contributed by atoms with Gasteiger partial charge in [0, 0.05) is 6.04 Å². The summed E-state index contributed by atoms with van der Waals surface area (Å²) in [6, 6.07) is 3.25. The number of nitriles is 1. The summed E-state index contributed by atoms with van der Waals surface area (Å²) >= 11 is 0. The van der Waals surface area contributed by atoms with Crippen molar-refractivity contribution < 1.29 is 0 Å². The van der Waals surface area contributed by atoms with Gasteiger partial charge >= 0.3 is 0 Å². The highest BCUT2D eigenvalue weighted by atomic mass is 15.0. The van der Waals surface area contributed by atoms with Gasteiger partial charge in [0.15, 0.2) is 0 Å². The zero-order valence-electron chi connectivity index (χ0n) is 10.4. The summed E-state index contributed by atoms with van der Waals surface area (Å²) in [6.07, 6.45) is 10.4. The van der Waals surface area contributed by atoms with Crippen molar-refractivity contribution in [2.24, 2.45) is 11.8 Å². The Morgan fingerprint density at radius 3 is 2.25 bits per heavy atom. The largest absolute Gasteiger partial charge is 0.299 e. The number of hydrogen-bond donors (Lipinski definition) is 1. The SMILES string of the molecule is CC1CCC(C(C#N)NC2CCCC2)CC1. The average Bonchev–Trinajstić information content (AvgIpc) is 2.80. The van der Waals surface area contributed by atoms with E-state index in [1.165, 1.54) is 51.4 Å². The lowest BCUT2D eigenvalue weighted by atomic mass is 9.79. The summed E-state index contributed by atoms with van der Waals surface area (Å²) in [5.41, 5.74) is 0. The predicted octanol–water partition coefficient (Wildman–Crippen LogP) is 3.24. The maximum atomic E-state index is 9.29. The maximum absolute atomic E-state index is 9.29. The minimum Gasteiger partial charge on any atom is -0.299 e. The van der Waals surface area contributed by atoms with Crippen LogP contribution in [0.5, 0.6) is 0 Å². The van der Waals surface area contributed by atoms with Gasteiger partial charge in [-0.3, -0.25) is 5.32 Å². The molecule has 2 saturated carbocycles. The minimum atomic E-state index is 0.121. The highest BCUT2D eigenvalue weighted by Gasteiger charge is 2.28. The van der Waals surface area contributed by atoms with Gasteiger partial charge in [0.25, 0.3) is 0 Å². The van der Waals surface area contributed by atoms with Crippen LogP contribution in [0.3, 0.4) is 0 Å². The van der Waals surface area contributed by atoms with E-state index >= 15 is 0 Å². The molecule has 0 saturated heterocycles. The first-order valence-electron chi connectivity index (χ1n) is 6.95. The number of nitrogens with one attached hydrogen (secondary N) is 1. The second-order valence-corrected chi connectivity index (χ2v) is 5.77. The van der Waals surface area contributed by atoms with Crippen LogP contribution in [-0.4, -0.2) is 12.1 Å². The molecule has 2 fully saturated rings. The molecular weight excluding hydrogens is 196 g/mol. The van der Waals surface area contributed by atoms with Crippen LogP contribution in [0.2, 0.25) is 0 Å². The van der Waals surface area contributed by atoms with E-state index in [9.17, 15) is 5.26 Å². The van der Waals surface area contributed by atoms with E-state index in [-0.39, 0.29) is 6.04 Å². The molecule has 1 unspecified atom stereocenters. The number of nitrogens with zero attached hydrogens (tertiary/aromatic N) is 1. The molecule has 0 aromatic heterocycles. The third kappa shape index (κ3) is 2.98. The van der Waals surface area contributed by atoms with Gasteiger partial charge in [-0.1, -0.05) is 32.6 Å². The molecule has 2 aliphatic carbocycles. The zero-order valence-corrected chi connectivity index (χ0v) is 10.4. The van der Waals surface area contributed by atoms with Crippen molar-refractivity contribution in [1.82, 2.24) is 5.32 Å². The molecule has 0 heterocycles. The van der Waals surface area contributed by atoms with Gasteiger partial charge in [0.2, 0.25) is 0 Å². The van der Waals surface area contributed by atoms with Crippen LogP contribution in [0.4, 0.5) is 0 Å². The fourth-order valence-electron chi connectivity index (χ4n) is 3.24. The third-order valence-electron chi connectivity index (χ3n) is 4.44. The van der Waals surface area contributed by atoms with E-state index in [2.05, 4.69) is 18.3 Å². The highest BCUT2D eigenvalue weighted by Crippen LogP contribution is 2.31. The van der Waals surface area contributed by atoms with E-state index in [1.807, 2.05) is 0 Å². The topological polar surface area (TPSA) is 35.8 Å². The van der Waals surface area contributed by atoms with Crippen LogP contribution >= 0.6 is 0 Å². The zero-order chi connectivity index (χ0) is 11.4. The molecule has 2 rings (SSSR count). The molecule has 0 aromatic carbocycles. The molecule has 0 aromatic rings. The average molecular weight is 220 g/mol. The molecule has 2 nitrogen and oxygen atoms in total. The quantitative estimate of drug-likeness (QED) is 0.792. The Morgan fingerprint density at radius 2 is 1.69 bits per heavy atom. The highest BCUT2D eigenvalue weighted by molar-refractivity contribution is 4.98. The Morgan fingerprint density at radius 1 is 1.06 bits per heavy atom. The van der Waals surface area contributed by atoms with Gasteiger partial charge < -0.3 is 0 Å². The maximum Gasteiger partial charge on any atom is 0.0983 e. The third-order valence-corrected chi connectivity index (χ3v) is 4.44. The fourth-order valence-corrected chi connectivity index (χ4v) is 3.24. The summed E-state index contributed by atoms with van der Waals surface area (Å²) in [5, 5.41) is 12.9. The Bertz CT molecular complexity index is 242. The van der Waals surface area contributed by atoms with Gasteiger partial charge in [-0.25, -0.2) is 0 Å². The summed E-state index contributed by atoms with van der Waals surface area (Å²) in [4.78, 5) is 0. The molecule has 1 N–H and O–H groups in total. The van der Waals surface area contributed by atoms with E-state index < -0.39 is 0 Å². The summed E-state index contributed by atoms with van der Waals surface area (Å²) in [5.74, 6) is 1.49. The van der Waals surface area contributed by atoms with Crippen molar-refractivity contribution in [3.05, 3.63) is 0 Å². The molecule has 0 bridgehead atoms. The van der Waals surface area contributed by atoms with E-state index in [0.29, 0.717) is 12.0 Å². The van der Waals surface area contributed by atoms with E-state index in [4.69, 9.17) is 0 Å². The summed E-state index contributed by atoms with van der Waals surface area (Å²) in [6.45, 7) is 2.34. The van der Waals surface area contributed by atoms with Crippen molar-refractivity contribution in [3.8, 4) is 6.07 Å². The Hall–Kier alpha value is -0.550. The number of hydrogen-bond acceptors (Lipinski definition) is 2. The van der Waals surface area contributed by atoms with Crippen LogP contribution < -0.4 is 5.32 Å². The first-order chi connectivity index (χ1) is 7.79. The molecule has 0 radical (unpaired) electrons. The Balaban J connectivity index is 1.82. The van der Waals surface area contributed by atoms with E-state index in [0.717, 1.165) is 5.92 Å². The van der Waals surface area contributed by atoms with Gasteiger partial charge in [0.1, 0.15) is 0 Å². The molecule has 0 amide bonds. The lowest BCUT2D eigenvalue weighted by molar-refractivity contribution is 0.245. The normalized spacial score (nSPS) is 33.5. The van der Waals surface area contributed by atoms with Crippen molar-refractivity contribution in [2.75, 3.05) is 0 Å². The van der Waals surface area contributed by atoms with Gasteiger partial charge in [-0.15, -0.1) is 0 Å². The van der Waals surface area contributed by atoms with Crippen LogP contribution in [0.1, 0.15) is 58.3 Å².